The molecule has 0 saturated carbocycles. The highest BCUT2D eigenvalue weighted by atomic mass is 79.9. The van der Waals surface area contributed by atoms with Crippen LogP contribution >= 0.6 is 15.9 Å². The Hall–Kier alpha value is -1.69. The minimum atomic E-state index is -0.408. The van der Waals surface area contributed by atoms with Crippen molar-refractivity contribution in [3.8, 4) is 0 Å². The molecule has 18 heavy (non-hydrogen) atoms. The summed E-state index contributed by atoms with van der Waals surface area (Å²) in [6.07, 6.45) is 1.63. The van der Waals surface area contributed by atoms with Crippen molar-refractivity contribution in [3.05, 3.63) is 40.1 Å². The van der Waals surface area contributed by atoms with Gasteiger partial charge in [-0.2, -0.15) is 5.10 Å². The van der Waals surface area contributed by atoms with Crippen LogP contribution in [0.4, 0.5) is 4.39 Å². The number of aromatic nitrogens is 3. The van der Waals surface area contributed by atoms with Crippen molar-refractivity contribution in [3.63, 3.8) is 0 Å². The van der Waals surface area contributed by atoms with Gasteiger partial charge < -0.3 is 4.98 Å². The van der Waals surface area contributed by atoms with E-state index in [9.17, 15) is 9.18 Å². The first-order chi connectivity index (χ1) is 8.61. The summed E-state index contributed by atoms with van der Waals surface area (Å²) in [5, 5.41) is 5.70. The maximum absolute atomic E-state index is 14.1. The van der Waals surface area contributed by atoms with Gasteiger partial charge in [0.2, 0.25) is 0 Å². The summed E-state index contributed by atoms with van der Waals surface area (Å²) in [5.74, 6) is -0.408. The van der Waals surface area contributed by atoms with E-state index < -0.39 is 5.82 Å². The van der Waals surface area contributed by atoms with Gasteiger partial charge in [0.05, 0.1) is 10.9 Å². The molecule has 0 aliphatic carbocycles. The largest absolute Gasteiger partial charge is 0.319 e. The number of aromatic amines is 1. The van der Waals surface area contributed by atoms with E-state index in [1.807, 2.05) is 0 Å². The van der Waals surface area contributed by atoms with E-state index in [1.54, 1.807) is 30.1 Å². The van der Waals surface area contributed by atoms with Crippen LogP contribution in [0.3, 0.4) is 0 Å². The van der Waals surface area contributed by atoms with Gasteiger partial charge in [0.1, 0.15) is 5.52 Å². The van der Waals surface area contributed by atoms with Crippen LogP contribution in [0.1, 0.15) is 5.56 Å². The molecule has 0 radical (unpaired) electrons. The Balaban J connectivity index is 2.57. The molecule has 3 rings (SSSR count). The molecule has 2 aromatic heterocycles. The fourth-order valence-corrected chi connectivity index (χ4v) is 2.51. The fraction of sp³-hybridized carbons (Fsp3) is 0.167. The number of hydrogen-bond donors (Lipinski definition) is 1. The quantitative estimate of drug-likeness (QED) is 0.702. The molecule has 0 aliphatic heterocycles. The Morgan fingerprint density at radius 1 is 1.44 bits per heavy atom. The van der Waals surface area contributed by atoms with E-state index in [0.717, 1.165) is 0 Å². The summed E-state index contributed by atoms with van der Waals surface area (Å²) in [6, 6.07) is 3.47. The third kappa shape index (κ3) is 1.49. The second-order valence-electron chi connectivity index (χ2n) is 4.11. The molecule has 92 valence electrons. The van der Waals surface area contributed by atoms with E-state index >= 15 is 0 Å². The van der Waals surface area contributed by atoms with Crippen molar-refractivity contribution < 1.29 is 4.39 Å². The number of alkyl halides is 1. The average molecular weight is 310 g/mol. The maximum Gasteiger partial charge on any atom is 0.259 e. The molecule has 0 spiro atoms. The molecule has 1 aromatic carbocycles. The first kappa shape index (κ1) is 11.4. The molecule has 1 N–H and O–H groups in total. The van der Waals surface area contributed by atoms with Gasteiger partial charge in [-0.05, 0) is 0 Å². The average Bonchev–Trinajstić information content (AvgIpc) is 2.73. The Labute approximate surface area is 110 Å². The summed E-state index contributed by atoms with van der Waals surface area (Å²) in [6.45, 7) is 0. The predicted molar refractivity (Wildman–Crippen MR) is 71.4 cm³/mol. The number of benzene rings is 1. The van der Waals surface area contributed by atoms with Gasteiger partial charge in [0.25, 0.3) is 5.56 Å². The van der Waals surface area contributed by atoms with Crippen LogP contribution in [0.5, 0.6) is 0 Å². The lowest BCUT2D eigenvalue weighted by Gasteiger charge is -2.04. The summed E-state index contributed by atoms with van der Waals surface area (Å²) in [5.41, 5.74) is 0.920. The lowest BCUT2D eigenvalue weighted by Crippen LogP contribution is -2.07. The maximum atomic E-state index is 14.1. The number of nitrogens with one attached hydrogen (secondary N) is 1. The zero-order valence-electron chi connectivity index (χ0n) is 9.50. The molecule has 0 aliphatic rings. The van der Waals surface area contributed by atoms with Gasteiger partial charge in [-0.25, -0.2) is 4.39 Å². The van der Waals surface area contributed by atoms with Crippen molar-refractivity contribution in [1.82, 2.24) is 14.8 Å². The molecule has 2 heterocycles. The molecular weight excluding hydrogens is 301 g/mol. The molecule has 6 heteroatoms. The highest BCUT2D eigenvalue weighted by molar-refractivity contribution is 9.08. The number of pyridine rings is 1. The minimum Gasteiger partial charge on any atom is -0.319 e. The molecule has 0 amide bonds. The van der Waals surface area contributed by atoms with Crippen LogP contribution in [0.25, 0.3) is 21.8 Å². The predicted octanol–water partition coefficient (Wildman–Crippen LogP) is 2.45. The van der Waals surface area contributed by atoms with Gasteiger partial charge in [0.15, 0.2) is 5.82 Å². The van der Waals surface area contributed by atoms with Crippen molar-refractivity contribution in [2.75, 3.05) is 0 Å². The molecule has 4 nitrogen and oxygen atoms in total. The summed E-state index contributed by atoms with van der Waals surface area (Å²) in [4.78, 5) is 14.5. The van der Waals surface area contributed by atoms with Crippen LogP contribution in [0.2, 0.25) is 0 Å². The lowest BCUT2D eigenvalue weighted by molar-refractivity contribution is 0.626. The first-order valence-electron chi connectivity index (χ1n) is 5.34. The molecule has 0 bridgehead atoms. The van der Waals surface area contributed by atoms with Gasteiger partial charge in [0, 0.05) is 29.5 Å². The van der Waals surface area contributed by atoms with E-state index in [1.165, 1.54) is 0 Å². The number of halogens is 2. The van der Waals surface area contributed by atoms with Crippen molar-refractivity contribution >= 4 is 37.7 Å². The van der Waals surface area contributed by atoms with E-state index in [0.29, 0.717) is 27.2 Å². The smallest absolute Gasteiger partial charge is 0.259 e. The van der Waals surface area contributed by atoms with Gasteiger partial charge in [-0.1, -0.05) is 28.1 Å². The Kier molecular flexibility index (Phi) is 2.48. The molecule has 0 atom stereocenters. The van der Waals surface area contributed by atoms with Gasteiger partial charge in [-0.15, -0.1) is 0 Å². The minimum absolute atomic E-state index is 0.211. The molecule has 3 aromatic rings. The summed E-state index contributed by atoms with van der Waals surface area (Å²) < 4.78 is 15.7. The normalized spacial score (nSPS) is 11.5. The van der Waals surface area contributed by atoms with Crippen molar-refractivity contribution in [2.24, 2.45) is 7.05 Å². The van der Waals surface area contributed by atoms with Crippen LogP contribution < -0.4 is 5.56 Å². The van der Waals surface area contributed by atoms with E-state index in [-0.39, 0.29) is 11.1 Å². The second-order valence-corrected chi connectivity index (χ2v) is 4.67. The first-order valence-corrected chi connectivity index (χ1v) is 6.46. The van der Waals surface area contributed by atoms with Crippen LogP contribution in [0, 0.1) is 5.82 Å². The summed E-state index contributed by atoms with van der Waals surface area (Å²) >= 11 is 3.21. The molecular formula is C12H9BrFN3O. The molecule has 0 unspecified atom stereocenters. The Bertz CT molecular complexity index is 821. The fourth-order valence-electron chi connectivity index (χ4n) is 2.08. The van der Waals surface area contributed by atoms with Crippen LogP contribution in [-0.2, 0) is 12.4 Å². The zero-order valence-corrected chi connectivity index (χ0v) is 11.1. The van der Waals surface area contributed by atoms with E-state index in [2.05, 4.69) is 26.0 Å². The van der Waals surface area contributed by atoms with Crippen molar-refractivity contribution in [2.45, 2.75) is 5.33 Å². The number of aryl methyl sites for hydroxylation is 1. The van der Waals surface area contributed by atoms with E-state index in [4.69, 9.17) is 0 Å². The topological polar surface area (TPSA) is 50.7 Å². The van der Waals surface area contributed by atoms with Crippen LogP contribution in [0.15, 0.2) is 23.1 Å². The third-order valence-corrected chi connectivity index (χ3v) is 3.54. The zero-order chi connectivity index (χ0) is 12.9. The number of nitrogens with zero attached hydrogens (tertiary/aromatic N) is 2. The molecule has 0 fully saturated rings. The highest BCUT2D eigenvalue weighted by Crippen LogP contribution is 2.24. The van der Waals surface area contributed by atoms with Crippen molar-refractivity contribution in [1.29, 1.82) is 0 Å². The lowest BCUT2D eigenvalue weighted by atomic mass is 10.1. The Morgan fingerprint density at radius 2 is 2.22 bits per heavy atom. The standard InChI is InChI=1S/C12H9BrFN3O/c1-17-5-8-10(16-17)7-3-2-6(4-13)9(14)11(7)15-12(8)18/h2-3,5H,4H2,1H3,(H,15,18). The number of hydrogen-bond acceptors (Lipinski definition) is 2. The number of H-pyrrole nitrogens is 1. The summed E-state index contributed by atoms with van der Waals surface area (Å²) in [7, 11) is 1.73. The highest BCUT2D eigenvalue weighted by Gasteiger charge is 2.13. The van der Waals surface area contributed by atoms with Gasteiger partial charge >= 0.3 is 0 Å². The Morgan fingerprint density at radius 3 is 2.94 bits per heavy atom. The third-order valence-electron chi connectivity index (χ3n) is 2.93. The SMILES string of the molecule is Cn1cc2c(=O)[nH]c3c(F)c(CBr)ccc3c2n1. The van der Waals surface area contributed by atoms with Crippen LogP contribution in [-0.4, -0.2) is 14.8 Å². The number of rotatable bonds is 1. The second kappa shape index (κ2) is 3.91. The van der Waals surface area contributed by atoms with Gasteiger partial charge in [-0.3, -0.25) is 9.48 Å². The monoisotopic (exact) mass is 309 g/mol. The molecule has 0 saturated heterocycles. The number of fused-ring (bicyclic) bond motifs is 3.